The number of nitrogens with two attached hydrogens (primary N) is 1. The fourth-order valence-corrected chi connectivity index (χ4v) is 2.89. The van der Waals surface area contributed by atoms with Crippen molar-refractivity contribution in [3.05, 3.63) is 23.4 Å². The van der Waals surface area contributed by atoms with Gasteiger partial charge in [0.05, 0.1) is 0 Å². The lowest BCUT2D eigenvalue weighted by Gasteiger charge is -2.18. The van der Waals surface area contributed by atoms with Gasteiger partial charge in [-0.15, -0.1) is 0 Å². The molecule has 0 aliphatic heterocycles. The van der Waals surface area contributed by atoms with E-state index in [0.717, 1.165) is 18.5 Å². The first-order valence-electron chi connectivity index (χ1n) is 7.74. The number of nitrogen functional groups attached to an aromatic ring is 1. The molecule has 2 saturated carbocycles. The molecular formula is C16H23N3O. The maximum atomic E-state index is 12.4. The van der Waals surface area contributed by atoms with Crippen LogP contribution in [-0.4, -0.2) is 16.9 Å². The van der Waals surface area contributed by atoms with E-state index < -0.39 is 0 Å². The molecule has 0 unspecified atom stereocenters. The number of amides is 1. The molecule has 0 spiro atoms. The van der Waals surface area contributed by atoms with E-state index in [0.29, 0.717) is 29.3 Å². The number of anilines is 1. The Labute approximate surface area is 120 Å². The monoisotopic (exact) mass is 273 g/mol. The summed E-state index contributed by atoms with van der Waals surface area (Å²) in [6, 6.07) is 3.95. The van der Waals surface area contributed by atoms with E-state index in [2.05, 4.69) is 17.2 Å². The third kappa shape index (κ3) is 3.11. The second-order valence-corrected chi connectivity index (χ2v) is 6.20. The normalized spacial score (nSPS) is 18.3. The largest absolute Gasteiger partial charge is 0.384 e. The van der Waals surface area contributed by atoms with E-state index in [1.165, 1.54) is 25.7 Å². The Hall–Kier alpha value is -1.58. The quantitative estimate of drug-likeness (QED) is 0.837. The van der Waals surface area contributed by atoms with E-state index in [1.807, 2.05) is 6.07 Å². The number of aromatic nitrogens is 1. The van der Waals surface area contributed by atoms with Crippen molar-refractivity contribution < 1.29 is 4.79 Å². The van der Waals surface area contributed by atoms with Crippen molar-refractivity contribution in [1.29, 1.82) is 0 Å². The van der Waals surface area contributed by atoms with Crippen molar-refractivity contribution in [3.8, 4) is 0 Å². The minimum Gasteiger partial charge on any atom is -0.384 e. The zero-order valence-corrected chi connectivity index (χ0v) is 12.1. The minimum atomic E-state index is 0.0141. The lowest BCUT2D eigenvalue weighted by molar-refractivity contribution is 0.0926. The maximum Gasteiger partial charge on any atom is 0.251 e. The van der Waals surface area contributed by atoms with E-state index in [1.54, 1.807) is 6.07 Å². The molecule has 0 saturated heterocycles. The SMILES string of the molecule is CCCc1cc(C(=O)NC(C2CC2)C2CC2)cc(N)n1. The molecule has 1 aromatic heterocycles. The van der Waals surface area contributed by atoms with Crippen LogP contribution < -0.4 is 11.1 Å². The van der Waals surface area contributed by atoms with Crippen LogP contribution in [0.15, 0.2) is 12.1 Å². The highest BCUT2D eigenvalue weighted by Gasteiger charge is 2.42. The summed E-state index contributed by atoms with van der Waals surface area (Å²) >= 11 is 0. The molecular weight excluding hydrogens is 250 g/mol. The van der Waals surface area contributed by atoms with Gasteiger partial charge in [-0.3, -0.25) is 4.79 Å². The Kier molecular flexibility index (Phi) is 3.64. The van der Waals surface area contributed by atoms with Crippen LogP contribution in [0.4, 0.5) is 5.82 Å². The van der Waals surface area contributed by atoms with Gasteiger partial charge in [0.2, 0.25) is 0 Å². The molecule has 20 heavy (non-hydrogen) atoms. The lowest BCUT2D eigenvalue weighted by atomic mass is 10.1. The molecule has 3 N–H and O–H groups in total. The predicted molar refractivity (Wildman–Crippen MR) is 79.3 cm³/mol. The molecule has 1 amide bonds. The molecule has 108 valence electrons. The van der Waals surface area contributed by atoms with Crippen LogP contribution in [0.2, 0.25) is 0 Å². The van der Waals surface area contributed by atoms with E-state index in [9.17, 15) is 4.79 Å². The molecule has 1 aromatic rings. The molecule has 0 aromatic carbocycles. The first kappa shape index (κ1) is 13.4. The Morgan fingerprint density at radius 1 is 1.35 bits per heavy atom. The Balaban J connectivity index is 1.72. The summed E-state index contributed by atoms with van der Waals surface area (Å²) < 4.78 is 0. The zero-order chi connectivity index (χ0) is 14.1. The van der Waals surface area contributed by atoms with Crippen molar-refractivity contribution >= 4 is 11.7 Å². The van der Waals surface area contributed by atoms with E-state index >= 15 is 0 Å². The van der Waals surface area contributed by atoms with Crippen molar-refractivity contribution in [2.24, 2.45) is 11.8 Å². The summed E-state index contributed by atoms with van der Waals surface area (Å²) in [5, 5.41) is 3.23. The van der Waals surface area contributed by atoms with Crippen molar-refractivity contribution in [2.45, 2.75) is 51.5 Å². The van der Waals surface area contributed by atoms with Crippen LogP contribution in [0.3, 0.4) is 0 Å². The van der Waals surface area contributed by atoms with Crippen molar-refractivity contribution in [2.75, 3.05) is 5.73 Å². The van der Waals surface area contributed by atoms with Gasteiger partial charge in [0.15, 0.2) is 0 Å². The highest BCUT2D eigenvalue weighted by Crippen LogP contribution is 2.44. The van der Waals surface area contributed by atoms with Gasteiger partial charge in [0.1, 0.15) is 5.82 Å². The first-order valence-corrected chi connectivity index (χ1v) is 7.74. The van der Waals surface area contributed by atoms with Crippen LogP contribution >= 0.6 is 0 Å². The summed E-state index contributed by atoms with van der Waals surface area (Å²) in [6.07, 6.45) is 6.92. The summed E-state index contributed by atoms with van der Waals surface area (Å²) in [5.74, 6) is 1.87. The molecule has 2 aliphatic rings. The van der Waals surface area contributed by atoms with Crippen molar-refractivity contribution in [3.63, 3.8) is 0 Å². The topological polar surface area (TPSA) is 68.0 Å². The number of nitrogens with one attached hydrogen (secondary N) is 1. The molecule has 4 nitrogen and oxygen atoms in total. The number of rotatable bonds is 6. The van der Waals surface area contributed by atoms with Gasteiger partial charge in [-0.2, -0.15) is 0 Å². The lowest BCUT2D eigenvalue weighted by Crippen LogP contribution is -2.38. The zero-order valence-electron chi connectivity index (χ0n) is 12.1. The fraction of sp³-hybridized carbons (Fsp3) is 0.625. The number of carbonyl (C=O) groups excluding carboxylic acids is 1. The van der Waals surface area contributed by atoms with Crippen LogP contribution in [0.1, 0.15) is 55.1 Å². The number of hydrogen-bond acceptors (Lipinski definition) is 3. The smallest absolute Gasteiger partial charge is 0.251 e. The highest BCUT2D eigenvalue weighted by molar-refractivity contribution is 5.95. The van der Waals surface area contributed by atoms with E-state index in [-0.39, 0.29) is 5.91 Å². The molecule has 3 rings (SSSR count). The number of nitrogens with zero attached hydrogens (tertiary/aromatic N) is 1. The molecule has 2 aliphatic carbocycles. The van der Waals surface area contributed by atoms with Crippen LogP contribution in [0.25, 0.3) is 0 Å². The Morgan fingerprint density at radius 2 is 2.00 bits per heavy atom. The molecule has 0 bridgehead atoms. The third-order valence-corrected chi connectivity index (χ3v) is 4.22. The molecule has 4 heteroatoms. The predicted octanol–water partition coefficient (Wildman–Crippen LogP) is 2.53. The second kappa shape index (κ2) is 5.43. The Morgan fingerprint density at radius 3 is 2.55 bits per heavy atom. The standard InChI is InChI=1S/C16H23N3O/c1-2-3-13-8-12(9-14(17)18-13)16(20)19-15(10-4-5-10)11-6-7-11/h8-11,15H,2-7H2,1H3,(H2,17,18)(H,19,20). The van der Waals surface area contributed by atoms with Crippen LogP contribution in [0.5, 0.6) is 0 Å². The minimum absolute atomic E-state index is 0.0141. The fourth-order valence-electron chi connectivity index (χ4n) is 2.89. The number of carbonyl (C=O) groups is 1. The van der Waals surface area contributed by atoms with Gasteiger partial charge in [-0.1, -0.05) is 13.3 Å². The number of hydrogen-bond donors (Lipinski definition) is 2. The Bertz CT molecular complexity index is 494. The third-order valence-electron chi connectivity index (χ3n) is 4.22. The van der Waals surface area contributed by atoms with E-state index in [4.69, 9.17) is 5.73 Å². The van der Waals surface area contributed by atoms with Gasteiger partial charge < -0.3 is 11.1 Å². The average molecular weight is 273 g/mol. The highest BCUT2D eigenvalue weighted by atomic mass is 16.1. The number of aryl methyl sites for hydroxylation is 1. The molecule has 2 fully saturated rings. The van der Waals surface area contributed by atoms with Gasteiger partial charge in [0.25, 0.3) is 5.91 Å². The second-order valence-electron chi connectivity index (χ2n) is 6.20. The first-order chi connectivity index (χ1) is 9.67. The molecule has 0 atom stereocenters. The van der Waals surface area contributed by atoms with Gasteiger partial charge >= 0.3 is 0 Å². The van der Waals surface area contributed by atoms with Gasteiger partial charge in [-0.25, -0.2) is 4.98 Å². The van der Waals surface area contributed by atoms with Crippen LogP contribution in [-0.2, 0) is 6.42 Å². The average Bonchev–Trinajstić information content (AvgIpc) is 3.28. The molecule has 0 radical (unpaired) electrons. The summed E-state index contributed by atoms with van der Waals surface area (Å²) in [5.41, 5.74) is 7.38. The summed E-state index contributed by atoms with van der Waals surface area (Å²) in [6.45, 7) is 2.10. The van der Waals surface area contributed by atoms with Crippen molar-refractivity contribution in [1.82, 2.24) is 10.3 Å². The van der Waals surface area contributed by atoms with Crippen LogP contribution in [0, 0.1) is 11.8 Å². The number of pyridine rings is 1. The van der Waals surface area contributed by atoms with Gasteiger partial charge in [0, 0.05) is 17.3 Å². The molecule has 1 heterocycles. The maximum absolute atomic E-state index is 12.4. The summed E-state index contributed by atoms with van der Waals surface area (Å²) in [4.78, 5) is 16.7. The summed E-state index contributed by atoms with van der Waals surface area (Å²) in [7, 11) is 0. The van der Waals surface area contributed by atoms with Gasteiger partial charge in [-0.05, 0) is 56.1 Å².